The number of fused-ring (bicyclic) bond motifs is 1. The van der Waals surface area contributed by atoms with E-state index in [2.05, 4.69) is 54.6 Å². The highest BCUT2D eigenvalue weighted by Crippen LogP contribution is 2.39. The molecule has 0 saturated heterocycles. The largest absolute Gasteiger partial charge is 0.336 e. The number of hydrogen-bond acceptors (Lipinski definition) is 8. The molecule has 3 heterocycles. The first-order chi connectivity index (χ1) is 23.5. The van der Waals surface area contributed by atoms with E-state index in [1.165, 1.54) is 4.68 Å². The molecule has 4 N–H and O–H groups in total. The number of aromatic nitrogens is 3. The van der Waals surface area contributed by atoms with E-state index in [0.29, 0.717) is 40.8 Å². The van der Waals surface area contributed by atoms with Gasteiger partial charge in [-0.2, -0.15) is 10.2 Å². The summed E-state index contributed by atoms with van der Waals surface area (Å²) in [5.41, 5.74) is 9.84. The van der Waals surface area contributed by atoms with Crippen molar-refractivity contribution in [2.24, 2.45) is 18.0 Å². The van der Waals surface area contributed by atoms with Gasteiger partial charge in [0.05, 0.1) is 23.3 Å². The van der Waals surface area contributed by atoms with E-state index in [1.54, 1.807) is 30.4 Å². The molecule has 0 aliphatic carbocycles. The van der Waals surface area contributed by atoms with E-state index in [-0.39, 0.29) is 16.8 Å². The Labute approximate surface area is 289 Å². The van der Waals surface area contributed by atoms with Crippen LogP contribution in [0.1, 0.15) is 100 Å². The number of nitrogens with one attached hydrogen (secondary N) is 2. The van der Waals surface area contributed by atoms with E-state index in [0.717, 1.165) is 65.7 Å². The summed E-state index contributed by atoms with van der Waals surface area (Å²) < 4.78 is 17.2. The van der Waals surface area contributed by atoms with Gasteiger partial charge in [0.15, 0.2) is 0 Å². The Morgan fingerprint density at radius 3 is 2.55 bits per heavy atom. The maximum absolute atomic E-state index is 15.8. The molecule has 0 spiro atoms. The molecule has 258 valence electrons. The topological polar surface area (TPSA) is 113 Å². The molecule has 49 heavy (non-hydrogen) atoms. The first-order valence-electron chi connectivity index (χ1n) is 17.2. The molecule has 2 aromatic carbocycles. The summed E-state index contributed by atoms with van der Waals surface area (Å²) in [4.78, 5) is 17.9. The monoisotopic (exact) mass is 664 g/mol. The Hall–Kier alpha value is -4.67. The molecule has 0 saturated carbocycles. The Kier molecular flexibility index (Phi) is 11.1. The normalized spacial score (nSPS) is 14.3. The Balaban J connectivity index is 1.48. The number of allylic oxidation sites excluding steroid dienone is 1. The molecule has 0 amide bonds. The predicted octanol–water partition coefficient (Wildman–Crippen LogP) is 8.06. The first kappa shape index (κ1) is 35.6. The molecule has 1 unspecified atom stereocenters. The predicted molar refractivity (Wildman–Crippen MR) is 200 cm³/mol. The number of hydrazine groups is 1. The number of nitrogens with two attached hydrogens (primary N) is 1. The van der Waals surface area contributed by atoms with Gasteiger partial charge in [0.25, 0.3) is 5.56 Å². The lowest BCUT2D eigenvalue weighted by Crippen LogP contribution is -2.24. The van der Waals surface area contributed by atoms with Gasteiger partial charge in [-0.3, -0.25) is 16.1 Å². The minimum Gasteiger partial charge on any atom is -0.336 e. The molecule has 0 bridgehead atoms. The summed E-state index contributed by atoms with van der Waals surface area (Å²) in [5, 5.41) is 14.5. The van der Waals surface area contributed by atoms with E-state index in [9.17, 15) is 4.79 Å². The smallest absolute Gasteiger partial charge is 0.290 e. The van der Waals surface area contributed by atoms with Gasteiger partial charge in [-0.05, 0) is 84.5 Å². The lowest BCUT2D eigenvalue weighted by molar-refractivity contribution is 0.523. The number of benzene rings is 2. The van der Waals surface area contributed by atoms with Crippen LogP contribution in [0, 0.1) is 12.7 Å². The molecule has 5 rings (SSSR count). The number of halogens is 1. The van der Waals surface area contributed by atoms with Crippen LogP contribution >= 0.6 is 0 Å². The number of nitrogens with zero attached hydrogens (tertiary/aromatic N) is 5. The summed E-state index contributed by atoms with van der Waals surface area (Å²) in [6.45, 7) is 13.2. The van der Waals surface area contributed by atoms with Crippen molar-refractivity contribution in [2.75, 3.05) is 16.9 Å². The maximum atomic E-state index is 15.8. The van der Waals surface area contributed by atoms with Crippen LogP contribution in [0.4, 0.5) is 21.6 Å². The van der Waals surface area contributed by atoms with Crippen LogP contribution in [-0.4, -0.2) is 27.5 Å². The zero-order chi connectivity index (χ0) is 35.3. The molecular formula is C39H49FN8O. The molecule has 4 aromatic rings. The molecule has 10 heteroatoms. The average Bonchev–Trinajstić information content (AvgIpc) is 3.07. The third-order valence-electron chi connectivity index (χ3n) is 9.12. The fraction of sp³-hybridized carbons (Fsp3) is 0.385. The second kappa shape index (κ2) is 15.3. The molecule has 1 atom stereocenters. The fourth-order valence-electron chi connectivity index (χ4n) is 6.30. The zero-order valence-corrected chi connectivity index (χ0v) is 29.8. The highest BCUT2D eigenvalue weighted by atomic mass is 19.1. The van der Waals surface area contributed by atoms with Crippen molar-refractivity contribution in [3.05, 3.63) is 105 Å². The fourth-order valence-corrected chi connectivity index (χ4v) is 6.30. The number of pyridine rings is 1. The Morgan fingerprint density at radius 2 is 1.88 bits per heavy atom. The molecule has 9 nitrogen and oxygen atoms in total. The number of anilines is 3. The van der Waals surface area contributed by atoms with Crippen LogP contribution in [0.5, 0.6) is 0 Å². The summed E-state index contributed by atoms with van der Waals surface area (Å²) in [6, 6.07) is 15.3. The Morgan fingerprint density at radius 1 is 1.08 bits per heavy atom. The third-order valence-corrected chi connectivity index (χ3v) is 9.12. The SMILES string of the molecule is CCC=C1c2c(F)cc(C(C)(C)C)cc2C=NN1c1cccc(-c2cc(Nc3ccc(C(CCCC)CCNN)cn3)c(=O)n(C)n2)c1C. The second-order valence-electron chi connectivity index (χ2n) is 13.7. The molecular weight excluding hydrogens is 615 g/mol. The van der Waals surface area contributed by atoms with E-state index < -0.39 is 0 Å². The van der Waals surface area contributed by atoms with Crippen molar-refractivity contribution >= 4 is 29.1 Å². The van der Waals surface area contributed by atoms with Crippen molar-refractivity contribution in [3.63, 3.8) is 0 Å². The van der Waals surface area contributed by atoms with Crippen LogP contribution in [0.3, 0.4) is 0 Å². The van der Waals surface area contributed by atoms with Gasteiger partial charge in [0, 0.05) is 36.5 Å². The number of aryl methyl sites for hydroxylation is 1. The van der Waals surface area contributed by atoms with Gasteiger partial charge < -0.3 is 5.32 Å². The Bertz CT molecular complexity index is 1900. The molecule has 2 aromatic heterocycles. The first-order valence-corrected chi connectivity index (χ1v) is 17.2. The maximum Gasteiger partial charge on any atom is 0.290 e. The summed E-state index contributed by atoms with van der Waals surface area (Å²) in [5.74, 6) is 6.21. The van der Waals surface area contributed by atoms with Crippen molar-refractivity contribution in [1.82, 2.24) is 20.2 Å². The summed E-state index contributed by atoms with van der Waals surface area (Å²) in [7, 11) is 1.64. The van der Waals surface area contributed by atoms with Gasteiger partial charge in [0.1, 0.15) is 17.3 Å². The molecule has 1 aliphatic heterocycles. The quantitative estimate of drug-likeness (QED) is 0.104. The van der Waals surface area contributed by atoms with Crippen molar-refractivity contribution in [3.8, 4) is 11.3 Å². The number of hydrazone groups is 1. The highest BCUT2D eigenvalue weighted by molar-refractivity contribution is 5.98. The lowest BCUT2D eigenvalue weighted by Gasteiger charge is -2.30. The van der Waals surface area contributed by atoms with Crippen molar-refractivity contribution in [1.29, 1.82) is 0 Å². The number of hydrogen-bond donors (Lipinski definition) is 3. The number of unbranched alkanes of at least 4 members (excludes halogenated alkanes) is 1. The van der Waals surface area contributed by atoms with Gasteiger partial charge in [0.2, 0.25) is 0 Å². The van der Waals surface area contributed by atoms with E-state index >= 15 is 4.39 Å². The van der Waals surface area contributed by atoms with Crippen molar-refractivity contribution < 1.29 is 4.39 Å². The molecule has 1 aliphatic rings. The molecule has 0 radical (unpaired) electrons. The highest BCUT2D eigenvalue weighted by Gasteiger charge is 2.28. The molecule has 0 fully saturated rings. The van der Waals surface area contributed by atoms with Crippen LogP contribution in [0.15, 0.2) is 70.7 Å². The van der Waals surface area contributed by atoms with Gasteiger partial charge in [-0.25, -0.2) is 19.1 Å². The third kappa shape index (κ3) is 7.81. The zero-order valence-electron chi connectivity index (χ0n) is 29.8. The van der Waals surface area contributed by atoms with Gasteiger partial charge in [-0.1, -0.05) is 71.7 Å². The standard InChI is InChI=1S/C39H49FN8O/c1-8-10-13-26(18-19-43-41)27-16-17-36(42-23-27)45-33-22-32(46-47(7)38(33)49)30-14-11-15-34(25(30)3)48-35(12-9-2)37-28(24-44-48)20-29(21-31(37)40)39(4,5)6/h11-12,14-17,20-24,26,43H,8-10,13,18-19,41H2,1-7H3,(H,42,45). The van der Waals surface area contributed by atoms with E-state index in [4.69, 9.17) is 10.9 Å². The van der Waals surface area contributed by atoms with Crippen molar-refractivity contribution in [2.45, 2.75) is 85.0 Å². The lowest BCUT2D eigenvalue weighted by atomic mass is 9.84. The van der Waals surface area contributed by atoms with Gasteiger partial charge >= 0.3 is 0 Å². The minimum absolute atomic E-state index is 0.198. The summed E-state index contributed by atoms with van der Waals surface area (Å²) >= 11 is 0. The van der Waals surface area contributed by atoms with Crippen LogP contribution in [0.25, 0.3) is 17.0 Å². The minimum atomic E-state index is -0.270. The second-order valence-corrected chi connectivity index (χ2v) is 13.7. The van der Waals surface area contributed by atoms with Crippen LogP contribution in [0.2, 0.25) is 0 Å². The summed E-state index contributed by atoms with van der Waals surface area (Å²) in [6.07, 6.45) is 10.6. The number of rotatable bonds is 12. The van der Waals surface area contributed by atoms with E-state index in [1.807, 2.05) is 56.5 Å². The van der Waals surface area contributed by atoms with Crippen LogP contribution in [-0.2, 0) is 12.5 Å². The average molecular weight is 665 g/mol. The van der Waals surface area contributed by atoms with Gasteiger partial charge in [-0.15, -0.1) is 0 Å². The van der Waals surface area contributed by atoms with Crippen LogP contribution < -0.4 is 27.2 Å².